The molecule has 10 nitrogen and oxygen atoms in total. The molecule has 4 N–H and O–H groups in total. The second kappa shape index (κ2) is 11.0. The molecule has 3 aromatic carbocycles. The molecule has 4 rings (SSSR count). The van der Waals surface area contributed by atoms with Crippen LogP contribution in [0, 0.1) is 0 Å². The summed E-state index contributed by atoms with van der Waals surface area (Å²) in [6, 6.07) is 18.4. The van der Waals surface area contributed by atoms with E-state index in [-0.39, 0.29) is 23.8 Å². The minimum absolute atomic E-state index is 0.129. The zero-order chi connectivity index (χ0) is 26.4. The molecule has 186 valence electrons. The van der Waals surface area contributed by atoms with Gasteiger partial charge in [0.2, 0.25) is 0 Å². The summed E-state index contributed by atoms with van der Waals surface area (Å²) in [5.74, 6) is -1.52. The molecule has 0 fully saturated rings. The minimum atomic E-state index is -0.692. The number of azo groups is 1. The lowest BCUT2D eigenvalue weighted by atomic mass is 10.1. The number of esters is 1. The highest BCUT2D eigenvalue weighted by Gasteiger charge is 2.14. The van der Waals surface area contributed by atoms with Crippen LogP contribution < -0.4 is 11.0 Å². The highest BCUT2D eigenvalue weighted by molar-refractivity contribution is 6.04. The Morgan fingerprint density at radius 1 is 1.03 bits per heavy atom. The van der Waals surface area contributed by atoms with E-state index in [2.05, 4.69) is 32.1 Å². The van der Waals surface area contributed by atoms with Gasteiger partial charge in [-0.05, 0) is 60.5 Å². The number of nitrogens with one attached hydrogen (secondary N) is 3. The number of nitrogens with zero attached hydrogens (tertiary/aromatic N) is 2. The van der Waals surface area contributed by atoms with Crippen molar-refractivity contribution in [2.75, 3.05) is 5.32 Å². The Kier molecular flexibility index (Phi) is 7.39. The van der Waals surface area contributed by atoms with Crippen molar-refractivity contribution in [3.05, 3.63) is 112 Å². The van der Waals surface area contributed by atoms with Crippen LogP contribution in [0.4, 0.5) is 11.4 Å². The van der Waals surface area contributed by atoms with Crippen LogP contribution in [0.2, 0.25) is 0 Å². The molecule has 0 radical (unpaired) electrons. The molecule has 0 spiro atoms. The van der Waals surface area contributed by atoms with Gasteiger partial charge in [-0.2, -0.15) is 5.11 Å². The van der Waals surface area contributed by atoms with Crippen molar-refractivity contribution >= 4 is 40.4 Å². The number of aliphatic hydroxyl groups excluding tert-OH is 1. The summed E-state index contributed by atoms with van der Waals surface area (Å²) >= 11 is 0. The first-order valence-corrected chi connectivity index (χ1v) is 11.2. The van der Waals surface area contributed by atoms with Gasteiger partial charge in [-0.1, -0.05) is 36.9 Å². The summed E-state index contributed by atoms with van der Waals surface area (Å²) in [6.07, 6.45) is 1.73. The number of aromatic nitrogens is 2. The van der Waals surface area contributed by atoms with E-state index in [1.807, 2.05) is 24.3 Å². The molecule has 1 heterocycles. The average Bonchev–Trinajstić information content (AvgIpc) is 3.27. The van der Waals surface area contributed by atoms with E-state index < -0.39 is 11.9 Å². The predicted octanol–water partition coefficient (Wildman–Crippen LogP) is 5.37. The molecule has 1 aromatic heterocycles. The number of imidazole rings is 1. The number of fused-ring (bicyclic) bond motifs is 1. The van der Waals surface area contributed by atoms with Crippen molar-refractivity contribution in [3.8, 4) is 0 Å². The molecule has 0 aliphatic rings. The number of H-pyrrole nitrogens is 2. The molecule has 4 aromatic rings. The number of ether oxygens (including phenoxy) is 1. The van der Waals surface area contributed by atoms with Gasteiger partial charge in [0, 0.05) is 5.69 Å². The van der Waals surface area contributed by atoms with Gasteiger partial charge in [0.1, 0.15) is 12.4 Å². The van der Waals surface area contributed by atoms with Crippen LogP contribution in [0.5, 0.6) is 0 Å². The number of rotatable bonds is 8. The van der Waals surface area contributed by atoms with Crippen molar-refractivity contribution in [2.45, 2.75) is 13.5 Å². The maximum atomic E-state index is 12.7. The molecule has 0 unspecified atom stereocenters. The van der Waals surface area contributed by atoms with Gasteiger partial charge in [-0.15, -0.1) is 5.11 Å². The maximum absolute atomic E-state index is 12.7. The first-order chi connectivity index (χ1) is 17.8. The van der Waals surface area contributed by atoms with Gasteiger partial charge < -0.3 is 25.1 Å². The lowest BCUT2D eigenvalue weighted by molar-refractivity contribution is -0.113. The highest BCUT2D eigenvalue weighted by atomic mass is 16.5. The third-order valence-corrected chi connectivity index (χ3v) is 5.29. The van der Waals surface area contributed by atoms with E-state index in [9.17, 15) is 19.5 Å². The van der Waals surface area contributed by atoms with E-state index in [4.69, 9.17) is 4.74 Å². The molecule has 0 aliphatic carbocycles. The number of amides is 1. The number of aromatic amines is 2. The fourth-order valence-corrected chi connectivity index (χ4v) is 3.34. The molecule has 0 saturated heterocycles. The zero-order valence-corrected chi connectivity index (χ0v) is 19.8. The van der Waals surface area contributed by atoms with Crippen LogP contribution in [0.25, 0.3) is 17.1 Å². The van der Waals surface area contributed by atoms with Crippen LogP contribution >= 0.6 is 0 Å². The Bertz CT molecular complexity index is 1570. The number of hydrogen-bond acceptors (Lipinski definition) is 7. The molecular formula is C27H23N5O5. The number of aliphatic hydroxyl groups is 1. The van der Waals surface area contributed by atoms with Gasteiger partial charge in [-0.25, -0.2) is 9.59 Å². The Balaban J connectivity index is 1.38. The minimum Gasteiger partial charge on any atom is -0.510 e. The summed E-state index contributed by atoms with van der Waals surface area (Å²) in [6.45, 7) is 5.14. The van der Waals surface area contributed by atoms with Crippen LogP contribution in [-0.4, -0.2) is 27.0 Å². The Labute approximate surface area is 211 Å². The standard InChI is InChI=1S/C27H23N5O5/c1-3-17-4-6-18(7-5-17)15-37-26(35)19-8-10-20(11-9-19)31-32-24(16(2)33)25(34)28-21-12-13-22-23(14-21)30-27(36)29-22/h3-14,33H,1,15H2,2H3,(H,28,34)(H2,29,30,36)/b24-16+,32-31?. The van der Waals surface area contributed by atoms with Crippen molar-refractivity contribution in [1.29, 1.82) is 0 Å². The molecule has 37 heavy (non-hydrogen) atoms. The summed E-state index contributed by atoms with van der Waals surface area (Å²) in [5, 5.41) is 20.4. The van der Waals surface area contributed by atoms with Crippen LogP contribution in [0.15, 0.2) is 99.8 Å². The van der Waals surface area contributed by atoms with E-state index in [1.165, 1.54) is 31.2 Å². The van der Waals surface area contributed by atoms with E-state index >= 15 is 0 Å². The van der Waals surface area contributed by atoms with Gasteiger partial charge in [0.15, 0.2) is 5.70 Å². The number of allylic oxidation sites excluding steroid dienone is 1. The quantitative estimate of drug-likeness (QED) is 0.112. The van der Waals surface area contributed by atoms with Crippen LogP contribution in [-0.2, 0) is 16.1 Å². The number of carbonyl (C=O) groups excluding carboxylic acids is 2. The van der Waals surface area contributed by atoms with Gasteiger partial charge in [0.05, 0.1) is 22.3 Å². The first kappa shape index (κ1) is 24.9. The molecule has 0 saturated carbocycles. The zero-order valence-electron chi connectivity index (χ0n) is 19.8. The van der Waals surface area contributed by atoms with Crippen LogP contribution in [0.1, 0.15) is 28.4 Å². The fraction of sp³-hybridized carbons (Fsp3) is 0.0741. The maximum Gasteiger partial charge on any atom is 0.338 e. The van der Waals surface area contributed by atoms with Gasteiger partial charge >= 0.3 is 11.7 Å². The lowest BCUT2D eigenvalue weighted by Gasteiger charge is -2.06. The number of carbonyl (C=O) groups is 2. The molecule has 0 bridgehead atoms. The first-order valence-electron chi connectivity index (χ1n) is 11.2. The largest absolute Gasteiger partial charge is 0.510 e. The highest BCUT2D eigenvalue weighted by Crippen LogP contribution is 2.19. The Morgan fingerprint density at radius 3 is 2.41 bits per heavy atom. The van der Waals surface area contributed by atoms with Gasteiger partial charge in [0.25, 0.3) is 5.91 Å². The van der Waals surface area contributed by atoms with E-state index in [1.54, 1.807) is 24.3 Å². The third-order valence-electron chi connectivity index (χ3n) is 5.29. The van der Waals surface area contributed by atoms with Crippen molar-refractivity contribution in [1.82, 2.24) is 9.97 Å². The normalized spacial score (nSPS) is 11.8. The topological polar surface area (TPSA) is 149 Å². The predicted molar refractivity (Wildman–Crippen MR) is 139 cm³/mol. The molecule has 10 heteroatoms. The van der Waals surface area contributed by atoms with Crippen molar-refractivity contribution in [2.24, 2.45) is 10.2 Å². The number of anilines is 1. The lowest BCUT2D eigenvalue weighted by Crippen LogP contribution is -2.14. The smallest absolute Gasteiger partial charge is 0.338 e. The SMILES string of the molecule is C=Cc1ccc(COC(=O)c2ccc(N=N/C(C(=O)Nc3ccc4[nH]c(=O)[nH]c4c3)=C(\C)O)cc2)cc1. The molecule has 0 atom stereocenters. The van der Waals surface area contributed by atoms with Crippen LogP contribution in [0.3, 0.4) is 0 Å². The molecule has 0 aliphatic heterocycles. The fourth-order valence-electron chi connectivity index (χ4n) is 3.34. The second-order valence-corrected chi connectivity index (χ2v) is 8.00. The van der Waals surface area contributed by atoms with Crippen molar-refractivity contribution in [3.63, 3.8) is 0 Å². The summed E-state index contributed by atoms with van der Waals surface area (Å²) in [7, 11) is 0. The van der Waals surface area contributed by atoms with Gasteiger partial charge in [-0.3, -0.25) is 4.79 Å². The summed E-state index contributed by atoms with van der Waals surface area (Å²) < 4.78 is 5.34. The summed E-state index contributed by atoms with van der Waals surface area (Å²) in [5.41, 5.74) is 3.34. The monoisotopic (exact) mass is 497 g/mol. The molecule has 1 amide bonds. The summed E-state index contributed by atoms with van der Waals surface area (Å²) in [4.78, 5) is 41.6. The Morgan fingerprint density at radius 2 is 1.73 bits per heavy atom. The van der Waals surface area contributed by atoms with E-state index in [0.29, 0.717) is 28.0 Å². The van der Waals surface area contributed by atoms with E-state index in [0.717, 1.165) is 11.1 Å². The average molecular weight is 498 g/mol. The molecular weight excluding hydrogens is 474 g/mol. The Hall–Kier alpha value is -5.25. The number of hydrogen-bond donors (Lipinski definition) is 4. The third kappa shape index (κ3) is 6.25. The second-order valence-electron chi connectivity index (χ2n) is 8.00. The number of benzene rings is 3. The van der Waals surface area contributed by atoms with Crippen molar-refractivity contribution < 1.29 is 19.4 Å².